The van der Waals surface area contributed by atoms with E-state index < -0.39 is 5.92 Å². The molecule has 0 amide bonds. The van der Waals surface area contributed by atoms with E-state index in [4.69, 9.17) is 17.3 Å². The molecule has 0 aromatic carbocycles. The monoisotopic (exact) mass is 275 g/mol. The van der Waals surface area contributed by atoms with E-state index in [1.54, 1.807) is 12.3 Å². The Morgan fingerprint density at radius 1 is 1.39 bits per heavy atom. The molecule has 18 heavy (non-hydrogen) atoms. The third-order valence-electron chi connectivity index (χ3n) is 3.33. The molecule has 1 aromatic heterocycles. The Balaban J connectivity index is 2.08. The summed E-state index contributed by atoms with van der Waals surface area (Å²) < 4.78 is 26.2. The van der Waals surface area contributed by atoms with Crippen LogP contribution in [-0.4, -0.2) is 35.4 Å². The Kier molecular flexibility index (Phi) is 4.14. The maximum absolute atomic E-state index is 13.1. The number of alkyl halides is 2. The van der Waals surface area contributed by atoms with Gasteiger partial charge in [-0.05, 0) is 11.6 Å². The molecule has 1 aliphatic rings. The summed E-state index contributed by atoms with van der Waals surface area (Å²) in [5.74, 6) is -2.53. The van der Waals surface area contributed by atoms with E-state index in [2.05, 4.69) is 4.98 Å². The highest BCUT2D eigenvalue weighted by Crippen LogP contribution is 2.32. The molecular weight excluding hydrogens is 260 g/mol. The molecule has 1 fully saturated rings. The molecule has 6 heteroatoms. The van der Waals surface area contributed by atoms with E-state index in [0.717, 1.165) is 5.56 Å². The van der Waals surface area contributed by atoms with Gasteiger partial charge in [-0.2, -0.15) is 0 Å². The molecule has 2 N–H and O–H groups in total. The van der Waals surface area contributed by atoms with E-state index >= 15 is 0 Å². The largest absolute Gasteiger partial charge is 0.329 e. The number of pyridine rings is 1. The van der Waals surface area contributed by atoms with Crippen LogP contribution in [0.2, 0.25) is 5.15 Å². The van der Waals surface area contributed by atoms with Gasteiger partial charge in [0, 0.05) is 44.7 Å². The second-order valence-electron chi connectivity index (χ2n) is 4.56. The minimum Gasteiger partial charge on any atom is -0.329 e. The smallest absolute Gasteiger partial charge is 0.250 e. The molecule has 1 atom stereocenters. The molecule has 0 spiro atoms. The number of nitrogens with zero attached hydrogens (tertiary/aromatic N) is 2. The van der Waals surface area contributed by atoms with Crippen LogP contribution >= 0.6 is 11.6 Å². The minimum absolute atomic E-state index is 0.0640. The molecule has 1 saturated heterocycles. The molecule has 0 saturated carbocycles. The quantitative estimate of drug-likeness (QED) is 0.862. The number of hydrogen-bond acceptors (Lipinski definition) is 3. The fourth-order valence-corrected chi connectivity index (χ4v) is 2.35. The van der Waals surface area contributed by atoms with E-state index in [0.29, 0.717) is 24.8 Å². The van der Waals surface area contributed by atoms with Gasteiger partial charge in [0.05, 0.1) is 0 Å². The van der Waals surface area contributed by atoms with Crippen LogP contribution in [0.5, 0.6) is 0 Å². The molecule has 0 radical (unpaired) electrons. The van der Waals surface area contributed by atoms with E-state index in [-0.39, 0.29) is 18.9 Å². The van der Waals surface area contributed by atoms with Crippen LogP contribution in [-0.2, 0) is 0 Å². The normalized spacial score (nSPS) is 21.8. The van der Waals surface area contributed by atoms with Crippen LogP contribution in [0.25, 0.3) is 0 Å². The van der Waals surface area contributed by atoms with Crippen LogP contribution in [0.1, 0.15) is 24.4 Å². The zero-order valence-corrected chi connectivity index (χ0v) is 10.7. The maximum Gasteiger partial charge on any atom is 0.250 e. The van der Waals surface area contributed by atoms with Crippen molar-refractivity contribution in [3.63, 3.8) is 0 Å². The number of rotatable bonds is 3. The second kappa shape index (κ2) is 5.47. The lowest BCUT2D eigenvalue weighted by Gasteiger charge is -2.37. The van der Waals surface area contributed by atoms with E-state index in [9.17, 15) is 8.78 Å². The molecule has 0 bridgehead atoms. The zero-order chi connectivity index (χ0) is 13.2. The summed E-state index contributed by atoms with van der Waals surface area (Å²) in [6.45, 7) is 1.10. The molecule has 2 heterocycles. The summed E-state index contributed by atoms with van der Waals surface area (Å²) in [4.78, 5) is 5.99. The Hall–Kier alpha value is -0.780. The van der Waals surface area contributed by atoms with Gasteiger partial charge in [0.25, 0.3) is 5.92 Å². The highest BCUT2D eigenvalue weighted by Gasteiger charge is 2.36. The summed E-state index contributed by atoms with van der Waals surface area (Å²) in [5.41, 5.74) is 6.67. The number of aromatic nitrogens is 1. The third kappa shape index (κ3) is 3.16. The Bertz CT molecular complexity index is 387. The molecule has 1 aromatic rings. The average molecular weight is 276 g/mol. The molecule has 1 unspecified atom stereocenters. The Labute approximate surface area is 110 Å². The molecule has 100 valence electrons. The van der Waals surface area contributed by atoms with Crippen molar-refractivity contribution in [3.05, 3.63) is 29.0 Å². The van der Waals surface area contributed by atoms with Gasteiger partial charge in [-0.1, -0.05) is 17.7 Å². The van der Waals surface area contributed by atoms with Crippen molar-refractivity contribution < 1.29 is 8.78 Å². The van der Waals surface area contributed by atoms with Crippen molar-refractivity contribution in [2.24, 2.45) is 5.73 Å². The topological polar surface area (TPSA) is 42.1 Å². The summed E-state index contributed by atoms with van der Waals surface area (Å²) in [5, 5.41) is 0.416. The number of piperidine rings is 1. The first-order valence-corrected chi connectivity index (χ1v) is 6.33. The first-order chi connectivity index (χ1) is 8.52. The highest BCUT2D eigenvalue weighted by atomic mass is 35.5. The Morgan fingerprint density at radius 3 is 2.56 bits per heavy atom. The maximum atomic E-state index is 13.1. The summed E-state index contributed by atoms with van der Waals surface area (Å²) in [6.07, 6.45) is 1.45. The lowest BCUT2D eigenvalue weighted by Crippen LogP contribution is -2.43. The number of hydrogen-bond donors (Lipinski definition) is 1. The van der Waals surface area contributed by atoms with Crippen molar-refractivity contribution in [2.45, 2.75) is 24.8 Å². The van der Waals surface area contributed by atoms with Crippen LogP contribution in [0.15, 0.2) is 18.3 Å². The van der Waals surface area contributed by atoms with Gasteiger partial charge in [-0.3, -0.25) is 4.90 Å². The summed E-state index contributed by atoms with van der Waals surface area (Å²) in [7, 11) is 0. The predicted octanol–water partition coefficient (Wildman–Crippen LogP) is 2.47. The van der Waals surface area contributed by atoms with E-state index in [1.807, 2.05) is 11.0 Å². The van der Waals surface area contributed by atoms with Crippen LogP contribution in [0.4, 0.5) is 8.78 Å². The first kappa shape index (κ1) is 13.6. The third-order valence-corrected chi connectivity index (χ3v) is 3.55. The summed E-state index contributed by atoms with van der Waals surface area (Å²) >= 11 is 5.73. The van der Waals surface area contributed by atoms with Gasteiger partial charge in [0.2, 0.25) is 0 Å². The first-order valence-electron chi connectivity index (χ1n) is 5.95. The highest BCUT2D eigenvalue weighted by molar-refractivity contribution is 6.29. The van der Waals surface area contributed by atoms with Gasteiger partial charge >= 0.3 is 0 Å². The molecule has 3 nitrogen and oxygen atoms in total. The van der Waals surface area contributed by atoms with Gasteiger partial charge in [-0.25, -0.2) is 13.8 Å². The fraction of sp³-hybridized carbons (Fsp3) is 0.583. The lowest BCUT2D eigenvalue weighted by molar-refractivity contribution is -0.0627. The predicted molar refractivity (Wildman–Crippen MR) is 66.8 cm³/mol. The zero-order valence-electron chi connectivity index (χ0n) is 9.95. The van der Waals surface area contributed by atoms with Crippen LogP contribution in [0.3, 0.4) is 0 Å². The standard InChI is InChI=1S/C12H16ClF2N3/c13-11-2-1-9(8-17-11)10(7-16)18-5-3-12(14,15)4-6-18/h1-2,8,10H,3-7,16H2. The second-order valence-corrected chi connectivity index (χ2v) is 4.94. The van der Waals surface area contributed by atoms with Gasteiger partial charge in [-0.15, -0.1) is 0 Å². The summed E-state index contributed by atoms with van der Waals surface area (Å²) in [6, 6.07) is 3.48. The minimum atomic E-state index is -2.53. The Morgan fingerprint density at radius 2 is 2.06 bits per heavy atom. The van der Waals surface area contributed by atoms with Crippen LogP contribution < -0.4 is 5.73 Å². The molecule has 0 aliphatic carbocycles. The van der Waals surface area contributed by atoms with Crippen molar-refractivity contribution in [1.82, 2.24) is 9.88 Å². The average Bonchev–Trinajstić information content (AvgIpc) is 2.34. The van der Waals surface area contributed by atoms with Gasteiger partial charge in [0.15, 0.2) is 0 Å². The number of halogens is 3. The van der Waals surface area contributed by atoms with Gasteiger partial charge in [0.1, 0.15) is 5.15 Å². The fourth-order valence-electron chi connectivity index (χ4n) is 2.24. The number of likely N-dealkylation sites (tertiary alicyclic amines) is 1. The van der Waals surface area contributed by atoms with Crippen molar-refractivity contribution >= 4 is 11.6 Å². The van der Waals surface area contributed by atoms with Crippen molar-refractivity contribution in [3.8, 4) is 0 Å². The van der Waals surface area contributed by atoms with Crippen LogP contribution in [0, 0.1) is 0 Å². The molecule has 1 aliphatic heterocycles. The SMILES string of the molecule is NCC(c1ccc(Cl)nc1)N1CCC(F)(F)CC1. The number of nitrogens with two attached hydrogens (primary N) is 1. The van der Waals surface area contributed by atoms with Gasteiger partial charge < -0.3 is 5.73 Å². The molecule has 2 rings (SSSR count). The molecular formula is C12H16ClF2N3. The van der Waals surface area contributed by atoms with Crippen molar-refractivity contribution in [1.29, 1.82) is 0 Å². The van der Waals surface area contributed by atoms with E-state index in [1.165, 1.54) is 0 Å². The lowest BCUT2D eigenvalue weighted by atomic mass is 10.0. The van der Waals surface area contributed by atoms with Crippen molar-refractivity contribution in [2.75, 3.05) is 19.6 Å².